The summed E-state index contributed by atoms with van der Waals surface area (Å²) >= 11 is 3.32. The van der Waals surface area contributed by atoms with Crippen molar-refractivity contribution in [2.75, 3.05) is 13.2 Å². The van der Waals surface area contributed by atoms with E-state index in [-0.39, 0.29) is 12.5 Å². The molecule has 8 nitrogen and oxygen atoms in total. The monoisotopic (exact) mass is 551 g/mol. The van der Waals surface area contributed by atoms with Crippen LogP contribution in [0.2, 0.25) is 0 Å². The van der Waals surface area contributed by atoms with E-state index in [9.17, 15) is 14.4 Å². The number of hydrogen-bond donors (Lipinski definition) is 2. The van der Waals surface area contributed by atoms with Gasteiger partial charge < -0.3 is 14.8 Å². The summed E-state index contributed by atoms with van der Waals surface area (Å²) < 4.78 is 11.7. The number of halogens is 1. The Hall–Kier alpha value is -3.98. The second-order valence-electron chi connectivity index (χ2n) is 7.67. The topological polar surface area (TPSA) is 106 Å². The van der Waals surface area contributed by atoms with Crippen LogP contribution in [-0.2, 0) is 4.79 Å². The zero-order valence-corrected chi connectivity index (χ0v) is 21.3. The highest BCUT2D eigenvalue weighted by molar-refractivity contribution is 9.10. The van der Waals surface area contributed by atoms with Crippen molar-refractivity contribution in [2.45, 2.75) is 19.8 Å². The number of carbonyl (C=O) groups excluding carboxylic acids is 3. The average Bonchev–Trinajstić information content (AvgIpc) is 2.89. The van der Waals surface area contributed by atoms with Crippen LogP contribution >= 0.6 is 15.9 Å². The van der Waals surface area contributed by atoms with Gasteiger partial charge in [-0.05, 0) is 78.7 Å². The molecule has 2 N–H and O–H groups in total. The lowest BCUT2D eigenvalue weighted by Gasteiger charge is -2.07. The van der Waals surface area contributed by atoms with Crippen molar-refractivity contribution in [3.8, 4) is 11.5 Å². The second kappa shape index (κ2) is 13.8. The molecule has 3 aromatic carbocycles. The molecular formula is C27H26BrN3O5. The number of amides is 2. The molecule has 0 saturated heterocycles. The van der Waals surface area contributed by atoms with Crippen LogP contribution in [0, 0.1) is 0 Å². The van der Waals surface area contributed by atoms with Gasteiger partial charge in [-0.1, -0.05) is 35.3 Å². The van der Waals surface area contributed by atoms with Crippen LogP contribution < -0.4 is 20.2 Å². The summed E-state index contributed by atoms with van der Waals surface area (Å²) in [6.07, 6.45) is 3.45. The Morgan fingerprint density at radius 2 is 1.67 bits per heavy atom. The van der Waals surface area contributed by atoms with E-state index < -0.39 is 11.9 Å². The molecule has 186 valence electrons. The fourth-order valence-electron chi connectivity index (χ4n) is 2.92. The number of carbonyl (C=O) groups is 3. The van der Waals surface area contributed by atoms with E-state index in [0.29, 0.717) is 34.8 Å². The molecule has 0 spiro atoms. The predicted molar refractivity (Wildman–Crippen MR) is 140 cm³/mol. The molecule has 0 aromatic heterocycles. The first kappa shape index (κ1) is 26.6. The van der Waals surface area contributed by atoms with Gasteiger partial charge in [0, 0.05) is 10.0 Å². The van der Waals surface area contributed by atoms with Crippen molar-refractivity contribution < 1.29 is 23.9 Å². The number of nitrogens with one attached hydrogen (secondary N) is 2. The lowest BCUT2D eigenvalue weighted by atomic mass is 10.2. The van der Waals surface area contributed by atoms with Crippen LogP contribution in [0.5, 0.6) is 11.5 Å². The summed E-state index contributed by atoms with van der Waals surface area (Å²) in [7, 11) is 0. The lowest BCUT2D eigenvalue weighted by Crippen LogP contribution is -2.34. The van der Waals surface area contributed by atoms with Crippen molar-refractivity contribution >= 4 is 39.9 Å². The van der Waals surface area contributed by atoms with E-state index in [0.717, 1.165) is 17.3 Å². The van der Waals surface area contributed by atoms with Gasteiger partial charge in [0.15, 0.2) is 0 Å². The van der Waals surface area contributed by atoms with Gasteiger partial charge in [0.1, 0.15) is 11.5 Å². The van der Waals surface area contributed by atoms with Gasteiger partial charge in [0.25, 0.3) is 11.8 Å². The highest BCUT2D eigenvalue weighted by Crippen LogP contribution is 2.16. The van der Waals surface area contributed by atoms with Crippen molar-refractivity contribution in [3.05, 3.63) is 94.0 Å². The third kappa shape index (κ3) is 8.66. The van der Waals surface area contributed by atoms with Crippen LogP contribution in [0.15, 0.2) is 82.4 Å². The SMILES string of the molecule is CCCCOc1ccc(C(=O)NCC(=O)N/N=C/c2ccc(OC(=O)c3cccc(Br)c3)cc2)cc1. The first-order chi connectivity index (χ1) is 17.4. The maximum absolute atomic E-state index is 12.2. The number of hydrogen-bond acceptors (Lipinski definition) is 6. The molecule has 0 heterocycles. The minimum Gasteiger partial charge on any atom is -0.494 e. The van der Waals surface area contributed by atoms with E-state index in [1.165, 1.54) is 6.21 Å². The van der Waals surface area contributed by atoms with Crippen LogP contribution in [-0.4, -0.2) is 37.1 Å². The second-order valence-corrected chi connectivity index (χ2v) is 8.59. The molecule has 0 radical (unpaired) electrons. The Balaban J connectivity index is 1.40. The summed E-state index contributed by atoms with van der Waals surface area (Å²) in [5.74, 6) is -0.239. The summed E-state index contributed by atoms with van der Waals surface area (Å²) in [4.78, 5) is 36.4. The van der Waals surface area contributed by atoms with Crippen molar-refractivity contribution in [1.82, 2.24) is 10.7 Å². The zero-order valence-electron chi connectivity index (χ0n) is 19.7. The molecule has 0 unspecified atom stereocenters. The molecular weight excluding hydrogens is 526 g/mol. The highest BCUT2D eigenvalue weighted by atomic mass is 79.9. The maximum atomic E-state index is 12.2. The van der Waals surface area contributed by atoms with E-state index in [4.69, 9.17) is 9.47 Å². The maximum Gasteiger partial charge on any atom is 0.343 e. The van der Waals surface area contributed by atoms with Crippen LogP contribution in [0.25, 0.3) is 0 Å². The summed E-state index contributed by atoms with van der Waals surface area (Å²) in [6.45, 7) is 2.49. The van der Waals surface area contributed by atoms with E-state index in [2.05, 4.69) is 38.7 Å². The van der Waals surface area contributed by atoms with Gasteiger partial charge in [-0.25, -0.2) is 10.2 Å². The van der Waals surface area contributed by atoms with E-state index >= 15 is 0 Å². The third-order valence-electron chi connectivity index (χ3n) is 4.85. The third-order valence-corrected chi connectivity index (χ3v) is 5.34. The highest BCUT2D eigenvalue weighted by Gasteiger charge is 2.09. The van der Waals surface area contributed by atoms with Gasteiger partial charge in [-0.2, -0.15) is 5.10 Å². The van der Waals surface area contributed by atoms with Crippen molar-refractivity contribution in [3.63, 3.8) is 0 Å². The number of hydrazone groups is 1. The minimum atomic E-state index is -0.473. The Morgan fingerprint density at radius 1 is 0.944 bits per heavy atom. The smallest absolute Gasteiger partial charge is 0.343 e. The van der Waals surface area contributed by atoms with Crippen LogP contribution in [0.1, 0.15) is 46.0 Å². The molecule has 0 aliphatic carbocycles. The van der Waals surface area contributed by atoms with Gasteiger partial charge in [0.05, 0.1) is 24.9 Å². The molecule has 36 heavy (non-hydrogen) atoms. The Bertz CT molecular complexity index is 1210. The van der Waals surface area contributed by atoms with Gasteiger partial charge in [-0.3, -0.25) is 9.59 Å². The normalized spacial score (nSPS) is 10.6. The van der Waals surface area contributed by atoms with Crippen LogP contribution in [0.3, 0.4) is 0 Å². The minimum absolute atomic E-state index is 0.227. The van der Waals surface area contributed by atoms with Crippen molar-refractivity contribution in [1.29, 1.82) is 0 Å². The lowest BCUT2D eigenvalue weighted by molar-refractivity contribution is -0.120. The molecule has 9 heteroatoms. The Labute approximate surface area is 217 Å². The first-order valence-electron chi connectivity index (χ1n) is 11.4. The summed E-state index contributed by atoms with van der Waals surface area (Å²) in [6, 6.07) is 20.3. The molecule has 0 atom stereocenters. The fourth-order valence-corrected chi connectivity index (χ4v) is 3.32. The summed E-state index contributed by atoms with van der Waals surface area (Å²) in [5.41, 5.74) is 3.89. The predicted octanol–water partition coefficient (Wildman–Crippen LogP) is 4.73. The average molecular weight is 552 g/mol. The zero-order chi connectivity index (χ0) is 25.8. The molecule has 2 amide bonds. The number of unbranched alkanes of at least 4 members (excludes halogenated alkanes) is 1. The van der Waals surface area contributed by atoms with E-state index in [1.807, 2.05) is 6.07 Å². The first-order valence-corrected chi connectivity index (χ1v) is 12.1. The largest absolute Gasteiger partial charge is 0.494 e. The number of ether oxygens (including phenoxy) is 2. The quantitative estimate of drug-likeness (QED) is 0.118. The Morgan fingerprint density at radius 3 is 2.36 bits per heavy atom. The molecule has 0 aliphatic rings. The number of rotatable bonds is 11. The standard InChI is InChI=1S/C27H26BrN3O5/c1-2-3-15-35-23-13-9-20(10-14-23)26(33)29-18-25(32)31-30-17-19-7-11-24(12-8-19)36-27(34)21-5-4-6-22(28)16-21/h4-14,16-17H,2-3,15,18H2,1H3,(H,29,33)(H,31,32)/b30-17+. The van der Waals surface area contributed by atoms with Gasteiger partial charge >= 0.3 is 5.97 Å². The van der Waals surface area contributed by atoms with Crippen LogP contribution in [0.4, 0.5) is 0 Å². The molecule has 0 aliphatic heterocycles. The van der Waals surface area contributed by atoms with Gasteiger partial charge in [0.2, 0.25) is 0 Å². The number of esters is 1. The molecule has 0 bridgehead atoms. The summed E-state index contributed by atoms with van der Waals surface area (Å²) in [5, 5.41) is 6.43. The number of nitrogens with zero attached hydrogens (tertiary/aromatic N) is 1. The Kier molecular flexibility index (Phi) is 10.2. The van der Waals surface area contributed by atoms with Gasteiger partial charge in [-0.15, -0.1) is 0 Å². The van der Waals surface area contributed by atoms with E-state index in [1.54, 1.807) is 66.7 Å². The fraction of sp³-hybridized carbons (Fsp3) is 0.185. The molecule has 3 aromatic rings. The number of benzene rings is 3. The molecule has 0 fully saturated rings. The van der Waals surface area contributed by atoms with Crippen molar-refractivity contribution in [2.24, 2.45) is 5.10 Å². The molecule has 0 saturated carbocycles. The molecule has 3 rings (SSSR count).